The molecule has 2 atom stereocenters. The molecule has 1 aromatic heterocycles. The van der Waals surface area contributed by atoms with Crippen LogP contribution in [0.2, 0.25) is 0 Å². The van der Waals surface area contributed by atoms with Crippen molar-refractivity contribution in [2.75, 3.05) is 6.61 Å². The Morgan fingerprint density at radius 2 is 1.90 bits per heavy atom. The smallest absolute Gasteiger partial charge is 0.483 e. The monoisotopic (exact) mass is 536 g/mol. The molecule has 8 heteroatoms. The first-order valence-corrected chi connectivity index (χ1v) is 12.4. The summed E-state index contributed by atoms with van der Waals surface area (Å²) in [5, 5.41) is 8.30. The van der Waals surface area contributed by atoms with Crippen molar-refractivity contribution >= 4 is 0 Å². The number of halogens is 3. The minimum atomic E-state index is -4.74. The molecule has 0 amide bonds. The van der Waals surface area contributed by atoms with Crippen LogP contribution in [0.15, 0.2) is 96.2 Å². The molecular formula is C31H31F3N2O3. The lowest BCUT2D eigenvalue weighted by Gasteiger charge is -2.23. The average molecular weight is 537 g/mol. The minimum absolute atomic E-state index is 0.203. The first-order valence-electron chi connectivity index (χ1n) is 12.4. The lowest BCUT2D eigenvalue weighted by Crippen LogP contribution is -2.28. The summed E-state index contributed by atoms with van der Waals surface area (Å²) in [5.41, 5.74) is 3.51. The Morgan fingerprint density at radius 1 is 1.13 bits per heavy atom. The highest BCUT2D eigenvalue weighted by Crippen LogP contribution is 2.28. The molecule has 1 aliphatic rings. The van der Waals surface area contributed by atoms with E-state index in [4.69, 9.17) is 9.47 Å². The van der Waals surface area contributed by atoms with Gasteiger partial charge in [-0.1, -0.05) is 85.7 Å². The molecule has 1 aliphatic carbocycles. The summed E-state index contributed by atoms with van der Waals surface area (Å²) in [7, 11) is 0. The van der Waals surface area contributed by atoms with Crippen LogP contribution < -0.4 is 9.47 Å². The van der Waals surface area contributed by atoms with Crippen LogP contribution in [-0.4, -0.2) is 29.3 Å². The zero-order valence-corrected chi connectivity index (χ0v) is 22.2. The van der Waals surface area contributed by atoms with Crippen molar-refractivity contribution in [2.24, 2.45) is 5.92 Å². The van der Waals surface area contributed by atoms with Crippen LogP contribution in [0.25, 0.3) is 0 Å². The van der Waals surface area contributed by atoms with Crippen molar-refractivity contribution in [2.45, 2.75) is 46.3 Å². The second-order valence-electron chi connectivity index (χ2n) is 9.00. The highest BCUT2D eigenvalue weighted by Gasteiger charge is 2.35. The summed E-state index contributed by atoms with van der Waals surface area (Å²) in [6.07, 6.45) is 5.37. The number of rotatable bonds is 10. The third-order valence-electron chi connectivity index (χ3n) is 5.47. The van der Waals surface area contributed by atoms with Crippen molar-refractivity contribution < 1.29 is 27.4 Å². The third kappa shape index (κ3) is 10.3. The van der Waals surface area contributed by atoms with Gasteiger partial charge in [0.05, 0.1) is 6.10 Å². The van der Waals surface area contributed by atoms with Crippen molar-refractivity contribution in [3.05, 3.63) is 107 Å². The van der Waals surface area contributed by atoms with Crippen molar-refractivity contribution in [3.8, 4) is 23.5 Å². The summed E-state index contributed by atoms with van der Waals surface area (Å²) in [5.74, 6) is 5.80. The molecule has 2 unspecified atom stereocenters. The van der Waals surface area contributed by atoms with Gasteiger partial charge in [0.15, 0.2) is 5.75 Å². The summed E-state index contributed by atoms with van der Waals surface area (Å²) in [4.78, 5) is 0. The van der Waals surface area contributed by atoms with Crippen molar-refractivity contribution in [3.63, 3.8) is 0 Å². The first kappa shape index (κ1) is 29.5. The molecule has 0 saturated heterocycles. The number of aromatic nitrogens is 2. The van der Waals surface area contributed by atoms with E-state index < -0.39 is 18.4 Å². The summed E-state index contributed by atoms with van der Waals surface area (Å²) in [6.45, 7) is 9.97. The fraction of sp³-hybridized carbons (Fsp3) is 0.290. The van der Waals surface area contributed by atoms with Gasteiger partial charge in [0, 0.05) is 17.6 Å². The quantitative estimate of drug-likeness (QED) is 0.181. The molecule has 3 rings (SSSR count). The van der Waals surface area contributed by atoms with E-state index in [0.717, 1.165) is 16.7 Å². The van der Waals surface area contributed by atoms with Crippen LogP contribution in [-0.2, 0) is 11.3 Å². The average Bonchev–Trinajstić information content (AvgIpc) is 2.89. The van der Waals surface area contributed by atoms with E-state index in [1.165, 1.54) is 6.08 Å². The molecule has 0 spiro atoms. The molecule has 39 heavy (non-hydrogen) atoms. The SMILES string of the molecule is C=C(C)C=C(CC=CC)COc1cc(C#CC2=CC(OC(F)(F)F)C(C)C=C2)nnc1OCc1ccccc1. The van der Waals surface area contributed by atoms with Gasteiger partial charge in [-0.15, -0.1) is 23.4 Å². The first-order chi connectivity index (χ1) is 18.6. The number of allylic oxidation sites excluding steroid dienone is 6. The maximum atomic E-state index is 12.7. The van der Waals surface area contributed by atoms with Gasteiger partial charge in [0.25, 0.3) is 5.88 Å². The van der Waals surface area contributed by atoms with Crippen LogP contribution in [0, 0.1) is 17.8 Å². The predicted molar refractivity (Wildman–Crippen MR) is 145 cm³/mol. The molecule has 5 nitrogen and oxygen atoms in total. The lowest BCUT2D eigenvalue weighted by molar-refractivity contribution is -0.339. The fourth-order valence-electron chi connectivity index (χ4n) is 3.57. The van der Waals surface area contributed by atoms with Crippen LogP contribution >= 0.6 is 0 Å². The summed E-state index contributed by atoms with van der Waals surface area (Å²) in [6, 6.07) is 11.2. The predicted octanol–water partition coefficient (Wildman–Crippen LogP) is 7.29. The number of alkyl halides is 3. The van der Waals surface area contributed by atoms with Crippen LogP contribution in [0.4, 0.5) is 13.2 Å². The highest BCUT2D eigenvalue weighted by molar-refractivity contribution is 5.47. The standard InChI is InChI=1S/C31H31F3N2O3/c1-5-6-10-26(17-22(2)3)21-37-29-19-27(35-36-30(29)38-20-25-11-8-7-9-12-25)16-15-24-14-13-23(4)28(18-24)39-31(32,33)34/h5-9,11-14,17-19,23,28H,2,10,20-21H2,1,3-4H3. The molecule has 0 saturated carbocycles. The molecule has 0 radical (unpaired) electrons. The molecule has 0 N–H and O–H groups in total. The molecule has 0 aliphatic heterocycles. The van der Waals surface area contributed by atoms with Gasteiger partial charge >= 0.3 is 6.36 Å². The maximum absolute atomic E-state index is 12.7. The third-order valence-corrected chi connectivity index (χ3v) is 5.47. The fourth-order valence-corrected chi connectivity index (χ4v) is 3.57. The molecule has 1 aromatic carbocycles. The number of ether oxygens (including phenoxy) is 3. The lowest BCUT2D eigenvalue weighted by atomic mass is 9.95. The Labute approximate surface area is 227 Å². The van der Waals surface area contributed by atoms with Gasteiger partial charge in [-0.2, -0.15) is 0 Å². The largest absolute Gasteiger partial charge is 0.523 e. The Morgan fingerprint density at radius 3 is 2.59 bits per heavy atom. The second-order valence-corrected chi connectivity index (χ2v) is 9.00. The summed E-state index contributed by atoms with van der Waals surface area (Å²) >= 11 is 0. The van der Waals surface area contributed by atoms with Crippen LogP contribution in [0.5, 0.6) is 11.6 Å². The van der Waals surface area contributed by atoms with Gasteiger partial charge in [-0.25, -0.2) is 0 Å². The van der Waals surface area contributed by atoms with E-state index in [1.807, 2.05) is 62.4 Å². The Balaban J connectivity index is 1.85. The molecule has 0 bridgehead atoms. The number of hydrogen-bond donors (Lipinski definition) is 0. The van der Waals surface area contributed by atoms with E-state index in [9.17, 15) is 13.2 Å². The zero-order chi connectivity index (χ0) is 28.3. The zero-order valence-electron chi connectivity index (χ0n) is 22.2. The normalized spacial score (nSPS) is 17.4. The highest BCUT2D eigenvalue weighted by atomic mass is 19.4. The molecule has 1 heterocycles. The second kappa shape index (κ2) is 14.2. The van der Waals surface area contributed by atoms with Gasteiger partial charge in [-0.05, 0) is 43.4 Å². The Hall–Kier alpha value is -4.09. The van der Waals surface area contributed by atoms with Crippen LogP contribution in [0.1, 0.15) is 38.4 Å². The molecule has 0 fully saturated rings. The van der Waals surface area contributed by atoms with E-state index in [0.29, 0.717) is 17.7 Å². The minimum Gasteiger partial charge on any atom is -0.483 e. The number of nitrogens with zero attached hydrogens (tertiary/aromatic N) is 2. The molecule has 204 valence electrons. The topological polar surface area (TPSA) is 53.5 Å². The van der Waals surface area contributed by atoms with Crippen LogP contribution in [0.3, 0.4) is 0 Å². The molecule has 2 aromatic rings. The van der Waals surface area contributed by atoms with Crippen molar-refractivity contribution in [1.82, 2.24) is 10.2 Å². The summed E-state index contributed by atoms with van der Waals surface area (Å²) < 4.78 is 54.4. The Bertz CT molecular complexity index is 1320. The van der Waals surface area contributed by atoms with Gasteiger partial charge in [0.1, 0.15) is 18.9 Å². The van der Waals surface area contributed by atoms with Gasteiger partial charge < -0.3 is 9.47 Å². The number of benzene rings is 1. The van der Waals surface area contributed by atoms with E-state index >= 15 is 0 Å². The Kier molecular flexibility index (Phi) is 10.7. The van der Waals surface area contributed by atoms with E-state index in [2.05, 4.69) is 33.4 Å². The maximum Gasteiger partial charge on any atom is 0.523 e. The number of hydrogen-bond acceptors (Lipinski definition) is 5. The van der Waals surface area contributed by atoms with E-state index in [1.54, 1.807) is 25.1 Å². The van der Waals surface area contributed by atoms with Crippen molar-refractivity contribution in [1.29, 1.82) is 0 Å². The van der Waals surface area contributed by atoms with Gasteiger partial charge in [0.2, 0.25) is 0 Å². The van der Waals surface area contributed by atoms with Gasteiger partial charge in [-0.3, -0.25) is 4.74 Å². The molecular weight excluding hydrogens is 505 g/mol. The van der Waals surface area contributed by atoms with E-state index in [-0.39, 0.29) is 24.8 Å².